The third kappa shape index (κ3) is 3.33. The second-order valence-electron chi connectivity index (χ2n) is 3.27. The van der Waals surface area contributed by atoms with Gasteiger partial charge in [-0.2, -0.15) is 0 Å². The normalized spacial score (nSPS) is 17.1. The van der Waals surface area contributed by atoms with Crippen LogP contribution in [0.3, 0.4) is 0 Å². The quantitative estimate of drug-likeness (QED) is 0.403. The maximum absolute atomic E-state index is 2.38. The molecule has 0 N–H and O–H groups in total. The summed E-state index contributed by atoms with van der Waals surface area (Å²) < 4.78 is 3.67. The monoisotopic (exact) mass is 411 g/mol. The second-order valence-corrected chi connectivity index (χ2v) is 20.6. The van der Waals surface area contributed by atoms with Gasteiger partial charge in [0, 0.05) is 0 Å². The first-order valence-electron chi connectivity index (χ1n) is 4.43. The molecule has 0 aliphatic heterocycles. The molecule has 0 radical (unpaired) electrons. The van der Waals surface area contributed by atoms with Crippen LogP contribution in [0.15, 0.2) is 43.1 Å². The van der Waals surface area contributed by atoms with Gasteiger partial charge in [0.15, 0.2) is 0 Å². The zero-order valence-corrected chi connectivity index (χ0v) is 15.2. The Morgan fingerprint density at radius 1 is 0.929 bits per heavy atom. The van der Waals surface area contributed by atoms with Gasteiger partial charge in [0.2, 0.25) is 0 Å². The molecule has 0 saturated carbocycles. The molecule has 0 heterocycles. The Morgan fingerprint density at radius 2 is 1.36 bits per heavy atom. The van der Waals surface area contributed by atoms with Crippen molar-refractivity contribution in [3.05, 3.63) is 43.1 Å². The van der Waals surface area contributed by atoms with Gasteiger partial charge in [0.25, 0.3) is 0 Å². The summed E-state index contributed by atoms with van der Waals surface area (Å²) in [6.45, 7) is 0. The molecule has 0 spiro atoms. The molecule has 0 bridgehead atoms. The van der Waals surface area contributed by atoms with Crippen molar-refractivity contribution in [2.75, 3.05) is 0 Å². The van der Waals surface area contributed by atoms with Crippen molar-refractivity contribution in [1.82, 2.24) is 0 Å². The van der Waals surface area contributed by atoms with E-state index in [2.05, 4.69) is 36.5 Å². The van der Waals surface area contributed by atoms with Crippen LogP contribution in [0.4, 0.5) is 0 Å². The first kappa shape index (κ1) is 14.6. The van der Waals surface area contributed by atoms with E-state index in [1.165, 1.54) is 20.3 Å². The second kappa shape index (κ2) is 6.99. The van der Waals surface area contributed by atoms with Gasteiger partial charge in [-0.1, -0.05) is 0 Å². The third-order valence-corrected chi connectivity index (χ3v) is 22.6. The standard InChI is InChI=1S/2C5H5.2ClH.Hf.H3Si/c2*1-2-4-5-3-1;;;;/h2*1-3H,4H2;2*1H;;1H3/q;;;;+2;/p-2. The Bertz CT molecular complexity index is 275. The van der Waals surface area contributed by atoms with Crippen LogP contribution in [0.25, 0.3) is 0 Å². The average Bonchev–Trinajstić information content (AvgIpc) is 2.77. The van der Waals surface area contributed by atoms with Crippen molar-refractivity contribution in [2.45, 2.75) is 12.8 Å². The summed E-state index contributed by atoms with van der Waals surface area (Å²) in [5.41, 5.74) is 0. The summed E-state index contributed by atoms with van der Waals surface area (Å²) in [4.78, 5) is 0. The van der Waals surface area contributed by atoms with Crippen molar-refractivity contribution in [3.63, 3.8) is 0 Å². The molecular weight excluding hydrogens is 398 g/mol. The van der Waals surface area contributed by atoms with Crippen molar-refractivity contribution in [1.29, 1.82) is 0 Å². The minimum absolute atomic E-state index is 0. The molecule has 0 amide bonds. The van der Waals surface area contributed by atoms with Crippen LogP contribution in [0, 0.1) is 0 Å². The molecule has 0 unspecified atom stereocenters. The van der Waals surface area contributed by atoms with Gasteiger partial charge < -0.3 is 24.8 Å². The maximum atomic E-state index is 2.38. The van der Waals surface area contributed by atoms with E-state index in [-0.39, 0.29) is 24.8 Å². The summed E-state index contributed by atoms with van der Waals surface area (Å²) in [5, 5.41) is 0. The molecule has 2 aliphatic rings. The number of hydrogen-bond acceptors (Lipinski definition) is 0. The number of rotatable bonds is 2. The third-order valence-electron chi connectivity index (χ3n) is 2.51. The van der Waals surface area contributed by atoms with Gasteiger partial charge in [-0.05, 0) is 0 Å². The zero-order chi connectivity index (χ0) is 8.39. The summed E-state index contributed by atoms with van der Waals surface area (Å²) in [5.74, 6) is 0. The minimum atomic E-state index is -1.30. The molecule has 0 aromatic rings. The molecule has 14 heavy (non-hydrogen) atoms. The van der Waals surface area contributed by atoms with E-state index in [1.807, 2.05) is 6.66 Å². The molecule has 2 aliphatic carbocycles. The first-order valence-corrected chi connectivity index (χ1v) is 19.8. The fourth-order valence-electron chi connectivity index (χ4n) is 1.66. The van der Waals surface area contributed by atoms with Crippen LogP contribution in [0.1, 0.15) is 12.8 Å². The Balaban J connectivity index is 0.000000845. The first-order chi connectivity index (χ1) is 5.88. The van der Waals surface area contributed by atoms with Gasteiger partial charge in [-0.15, -0.1) is 0 Å². The molecule has 4 heteroatoms. The molecular formula is C10H13Cl2HfSi. The van der Waals surface area contributed by atoms with E-state index in [1.54, 1.807) is 0 Å². The average molecular weight is 411 g/mol. The molecule has 0 aromatic carbocycles. The summed E-state index contributed by atoms with van der Waals surface area (Å²) in [7, 11) is 1.47. The summed E-state index contributed by atoms with van der Waals surface area (Å²) >= 11 is -1.30. The zero-order valence-electron chi connectivity index (χ0n) is 8.13. The molecule has 0 atom stereocenters. The topological polar surface area (TPSA) is 0 Å². The molecule has 0 saturated heterocycles. The van der Waals surface area contributed by atoms with Crippen molar-refractivity contribution in [3.8, 4) is 0 Å². The van der Waals surface area contributed by atoms with E-state index in [0.717, 1.165) is 0 Å². The van der Waals surface area contributed by atoms with Crippen molar-refractivity contribution >= 4 is 7.43 Å². The fourth-order valence-corrected chi connectivity index (χ4v) is 14.7. The van der Waals surface area contributed by atoms with Gasteiger partial charge >= 0.3 is 84.0 Å². The Hall–Kier alpha value is 0.627. The fraction of sp³-hybridized carbons (Fsp3) is 0.200. The number of halogens is 2. The van der Waals surface area contributed by atoms with Crippen molar-refractivity contribution < 1.29 is 45.4 Å². The molecule has 0 fully saturated rings. The van der Waals surface area contributed by atoms with Gasteiger partial charge in [-0.25, -0.2) is 0 Å². The summed E-state index contributed by atoms with van der Waals surface area (Å²) in [6.07, 6.45) is 16.4. The van der Waals surface area contributed by atoms with Crippen molar-refractivity contribution in [2.24, 2.45) is 0 Å². The van der Waals surface area contributed by atoms with E-state index in [0.29, 0.717) is 0 Å². The predicted octanol–water partition coefficient (Wildman–Crippen LogP) is -4.42. The van der Waals surface area contributed by atoms with E-state index >= 15 is 0 Å². The Labute approximate surface area is 108 Å². The van der Waals surface area contributed by atoms with Crippen LogP contribution < -0.4 is 24.8 Å². The van der Waals surface area contributed by atoms with E-state index in [4.69, 9.17) is 0 Å². The number of hydrogen-bond donors (Lipinski definition) is 0. The molecule has 0 nitrogen and oxygen atoms in total. The SMILES string of the molecule is [Cl-].[Cl-].[SiH3][Hf+2]([C]1=CC=CC1)[C]1=CC=CC1. The van der Waals surface area contributed by atoms with E-state index in [9.17, 15) is 0 Å². The van der Waals surface area contributed by atoms with Gasteiger partial charge in [0.05, 0.1) is 0 Å². The molecule has 0 aromatic heterocycles. The van der Waals surface area contributed by atoms with Gasteiger partial charge in [0.1, 0.15) is 0 Å². The predicted molar refractivity (Wildman–Crippen MR) is 53.6 cm³/mol. The van der Waals surface area contributed by atoms with Crippen LogP contribution >= 0.6 is 0 Å². The molecule has 75 valence electrons. The van der Waals surface area contributed by atoms with Crippen LogP contribution in [0.5, 0.6) is 0 Å². The Kier molecular flexibility index (Phi) is 7.31. The van der Waals surface area contributed by atoms with Gasteiger partial charge in [-0.3, -0.25) is 0 Å². The summed E-state index contributed by atoms with van der Waals surface area (Å²) in [6, 6.07) is 0. The number of allylic oxidation sites excluding steroid dienone is 8. The van der Waals surface area contributed by atoms with Crippen LogP contribution in [-0.2, 0) is 20.6 Å². The Morgan fingerprint density at radius 3 is 1.64 bits per heavy atom. The van der Waals surface area contributed by atoms with Crippen LogP contribution in [-0.4, -0.2) is 7.43 Å². The molecule has 2 rings (SSSR count). The van der Waals surface area contributed by atoms with E-state index < -0.39 is 20.6 Å². The van der Waals surface area contributed by atoms with Crippen LogP contribution in [0.2, 0.25) is 0 Å².